The van der Waals surface area contributed by atoms with E-state index < -0.39 is 0 Å². The highest BCUT2D eigenvalue weighted by molar-refractivity contribution is 5.88. The van der Waals surface area contributed by atoms with Gasteiger partial charge in [-0.3, -0.25) is 4.79 Å². The molecule has 2 nitrogen and oxygen atoms in total. The lowest BCUT2D eigenvalue weighted by atomic mass is 9.83. The summed E-state index contributed by atoms with van der Waals surface area (Å²) in [5.74, 6) is 0.438. The zero-order valence-corrected chi connectivity index (χ0v) is 7.73. The number of amides is 1. The number of carbonyl (C=O) groups excluding carboxylic acids is 1. The predicted molar refractivity (Wildman–Crippen MR) is 54.1 cm³/mol. The molecule has 1 N–H and O–H groups in total. The average Bonchev–Trinajstić information content (AvgIpc) is 2.49. The van der Waals surface area contributed by atoms with Gasteiger partial charge in [0.2, 0.25) is 5.91 Å². The Bertz CT molecular complexity index is 422. The van der Waals surface area contributed by atoms with E-state index in [9.17, 15) is 4.79 Å². The van der Waals surface area contributed by atoms with Gasteiger partial charge in [-0.25, -0.2) is 0 Å². The van der Waals surface area contributed by atoms with E-state index in [2.05, 4.69) is 23.5 Å². The van der Waals surface area contributed by atoms with Crippen LogP contribution in [0, 0.1) is 0 Å². The second-order valence-corrected chi connectivity index (χ2v) is 3.84. The normalized spacial score (nSPS) is 28.1. The van der Waals surface area contributed by atoms with Crippen molar-refractivity contribution in [3.63, 3.8) is 0 Å². The minimum Gasteiger partial charge on any atom is -0.354 e. The maximum atomic E-state index is 11.7. The summed E-state index contributed by atoms with van der Waals surface area (Å²) in [5.41, 5.74) is 2.48. The molecule has 0 saturated carbocycles. The van der Waals surface area contributed by atoms with Crippen molar-refractivity contribution in [3.8, 4) is 0 Å². The molecule has 3 aliphatic rings. The van der Waals surface area contributed by atoms with E-state index in [0.29, 0.717) is 5.92 Å². The first kappa shape index (κ1) is 7.80. The number of rotatable bonds is 0. The Balaban J connectivity index is 2.23. The maximum absolute atomic E-state index is 11.7. The molecule has 2 atom stereocenters. The van der Waals surface area contributed by atoms with Crippen molar-refractivity contribution in [2.45, 2.75) is 11.8 Å². The van der Waals surface area contributed by atoms with Crippen LogP contribution in [0.5, 0.6) is 0 Å². The molecule has 1 amide bonds. The van der Waals surface area contributed by atoms with Gasteiger partial charge in [-0.15, -0.1) is 0 Å². The average molecular weight is 185 g/mol. The number of carbonyl (C=O) groups is 1. The van der Waals surface area contributed by atoms with Crippen molar-refractivity contribution in [1.29, 1.82) is 0 Å². The van der Waals surface area contributed by atoms with Crippen LogP contribution in [0.4, 0.5) is 0 Å². The summed E-state index contributed by atoms with van der Waals surface area (Å²) in [6, 6.07) is 8.22. The minimum atomic E-state index is -0.0649. The molecule has 1 aromatic rings. The zero-order chi connectivity index (χ0) is 9.54. The molecule has 0 fully saturated rings. The van der Waals surface area contributed by atoms with Gasteiger partial charge in [0.15, 0.2) is 0 Å². The second kappa shape index (κ2) is 2.71. The summed E-state index contributed by atoms with van der Waals surface area (Å²) in [6.07, 6.45) is 4.17. The Labute approximate surface area is 82.6 Å². The van der Waals surface area contributed by atoms with Crippen molar-refractivity contribution in [1.82, 2.24) is 5.32 Å². The highest BCUT2D eigenvalue weighted by Gasteiger charge is 2.30. The Morgan fingerprint density at radius 1 is 1.14 bits per heavy atom. The van der Waals surface area contributed by atoms with Gasteiger partial charge in [0.25, 0.3) is 0 Å². The summed E-state index contributed by atoms with van der Waals surface area (Å²) in [6.45, 7) is 0.739. The van der Waals surface area contributed by atoms with E-state index in [0.717, 1.165) is 6.54 Å². The third kappa shape index (κ3) is 0.939. The Morgan fingerprint density at radius 2 is 1.93 bits per heavy atom. The molecule has 14 heavy (non-hydrogen) atoms. The van der Waals surface area contributed by atoms with Crippen LogP contribution >= 0.6 is 0 Å². The molecule has 4 rings (SSSR count). The third-order valence-corrected chi connectivity index (χ3v) is 3.05. The smallest absolute Gasteiger partial charge is 0.231 e. The number of benzene rings is 1. The fraction of sp³-hybridized carbons (Fsp3) is 0.250. The molecule has 2 bridgehead atoms. The van der Waals surface area contributed by atoms with Crippen LogP contribution in [0.25, 0.3) is 0 Å². The monoisotopic (exact) mass is 185 g/mol. The van der Waals surface area contributed by atoms with Gasteiger partial charge in [-0.05, 0) is 11.1 Å². The van der Waals surface area contributed by atoms with Gasteiger partial charge in [0.1, 0.15) is 0 Å². The van der Waals surface area contributed by atoms with Crippen molar-refractivity contribution in [2.24, 2.45) is 0 Å². The van der Waals surface area contributed by atoms with Crippen LogP contribution in [-0.2, 0) is 4.79 Å². The predicted octanol–water partition coefficient (Wildman–Crippen LogP) is 1.55. The lowest BCUT2D eigenvalue weighted by Gasteiger charge is -2.19. The maximum Gasteiger partial charge on any atom is 0.231 e. The Morgan fingerprint density at radius 3 is 2.79 bits per heavy atom. The van der Waals surface area contributed by atoms with Crippen molar-refractivity contribution < 1.29 is 4.79 Å². The van der Waals surface area contributed by atoms with Gasteiger partial charge in [0.05, 0.1) is 5.92 Å². The summed E-state index contributed by atoms with van der Waals surface area (Å²) >= 11 is 0. The van der Waals surface area contributed by atoms with E-state index in [4.69, 9.17) is 0 Å². The molecule has 0 aromatic heterocycles. The highest BCUT2D eigenvalue weighted by Crippen LogP contribution is 2.35. The first-order valence-electron chi connectivity index (χ1n) is 4.91. The van der Waals surface area contributed by atoms with Crippen molar-refractivity contribution in [2.75, 3.05) is 6.54 Å². The largest absolute Gasteiger partial charge is 0.354 e. The van der Waals surface area contributed by atoms with Gasteiger partial charge in [-0.2, -0.15) is 0 Å². The van der Waals surface area contributed by atoms with Crippen LogP contribution in [0.1, 0.15) is 23.0 Å². The molecule has 2 aliphatic heterocycles. The standard InChI is InChI=1S/C12H11NO/c14-12-11-6-5-8(7-13-12)9-3-1-2-4-10(9)11/h1-6,8,11H,7H2,(H,13,14). The topological polar surface area (TPSA) is 29.1 Å². The molecule has 0 spiro atoms. The van der Waals surface area contributed by atoms with Crippen molar-refractivity contribution >= 4 is 5.91 Å². The minimum absolute atomic E-state index is 0.0649. The van der Waals surface area contributed by atoms with Crippen LogP contribution < -0.4 is 5.32 Å². The number of hydrogen-bond acceptors (Lipinski definition) is 1. The fourth-order valence-electron chi connectivity index (χ4n) is 2.31. The quantitative estimate of drug-likeness (QED) is 0.610. The first-order valence-corrected chi connectivity index (χ1v) is 4.91. The van der Waals surface area contributed by atoms with E-state index in [1.54, 1.807) is 0 Å². The molecule has 1 aliphatic carbocycles. The molecular formula is C12H11NO. The Kier molecular flexibility index (Phi) is 1.51. The molecule has 2 unspecified atom stereocenters. The molecule has 2 heterocycles. The number of hydrogen-bond donors (Lipinski definition) is 1. The lowest BCUT2D eigenvalue weighted by Crippen LogP contribution is -2.26. The lowest BCUT2D eigenvalue weighted by molar-refractivity contribution is -0.121. The molecule has 1 aromatic carbocycles. The summed E-state index contributed by atoms with van der Waals surface area (Å²) in [7, 11) is 0. The molecule has 70 valence electrons. The van der Waals surface area contributed by atoms with Crippen molar-refractivity contribution in [3.05, 3.63) is 47.5 Å². The van der Waals surface area contributed by atoms with Crippen LogP contribution in [0.2, 0.25) is 0 Å². The van der Waals surface area contributed by atoms with Gasteiger partial charge in [0, 0.05) is 12.5 Å². The summed E-state index contributed by atoms with van der Waals surface area (Å²) in [5, 5.41) is 2.95. The molecule has 2 heteroatoms. The van der Waals surface area contributed by atoms with E-state index in [1.165, 1.54) is 11.1 Å². The zero-order valence-electron chi connectivity index (χ0n) is 7.73. The highest BCUT2D eigenvalue weighted by atomic mass is 16.1. The van der Waals surface area contributed by atoms with Crippen LogP contribution in [0.15, 0.2) is 36.4 Å². The SMILES string of the molecule is O=C1NCC2C=CC1c1ccccc12. The fourth-order valence-corrected chi connectivity index (χ4v) is 2.31. The summed E-state index contributed by atoms with van der Waals surface area (Å²) in [4.78, 5) is 11.7. The molecule has 0 radical (unpaired) electrons. The van der Waals surface area contributed by atoms with Gasteiger partial charge < -0.3 is 5.32 Å². The van der Waals surface area contributed by atoms with Crippen LogP contribution in [-0.4, -0.2) is 12.5 Å². The van der Waals surface area contributed by atoms with E-state index in [1.807, 2.05) is 18.2 Å². The van der Waals surface area contributed by atoms with E-state index in [-0.39, 0.29) is 11.8 Å². The Hall–Kier alpha value is -1.57. The molecular weight excluding hydrogens is 174 g/mol. The number of fused-ring (bicyclic) bond motifs is 2. The number of nitrogens with one attached hydrogen (secondary N) is 1. The summed E-state index contributed by atoms with van der Waals surface area (Å²) < 4.78 is 0. The third-order valence-electron chi connectivity index (χ3n) is 3.05. The second-order valence-electron chi connectivity index (χ2n) is 3.84. The van der Waals surface area contributed by atoms with Gasteiger partial charge >= 0.3 is 0 Å². The molecule has 0 saturated heterocycles. The first-order chi connectivity index (χ1) is 6.86. The van der Waals surface area contributed by atoms with Crippen LogP contribution in [0.3, 0.4) is 0 Å². The van der Waals surface area contributed by atoms with E-state index >= 15 is 0 Å². The van der Waals surface area contributed by atoms with Gasteiger partial charge in [-0.1, -0.05) is 36.4 Å².